The van der Waals surface area contributed by atoms with Gasteiger partial charge in [0.25, 0.3) is 0 Å². The molecule has 1 unspecified atom stereocenters. The molecule has 2 aromatic heterocycles. The average Bonchev–Trinajstić information content (AvgIpc) is 2.61. The van der Waals surface area contributed by atoms with Gasteiger partial charge in [0, 0.05) is 32.4 Å². The van der Waals surface area contributed by atoms with Crippen LogP contribution in [-0.4, -0.2) is 46.1 Å². The fourth-order valence-electron chi connectivity index (χ4n) is 3.29. The molecule has 25 heavy (non-hydrogen) atoms. The van der Waals surface area contributed by atoms with Crippen LogP contribution in [0.15, 0.2) is 18.6 Å². The van der Waals surface area contributed by atoms with E-state index in [-0.39, 0.29) is 17.8 Å². The van der Waals surface area contributed by atoms with Crippen LogP contribution < -0.4 is 9.80 Å². The molecule has 6 nitrogen and oxygen atoms in total. The highest BCUT2D eigenvalue weighted by Crippen LogP contribution is 2.27. The van der Waals surface area contributed by atoms with Gasteiger partial charge < -0.3 is 9.80 Å². The van der Waals surface area contributed by atoms with E-state index >= 15 is 0 Å². The average molecular weight is 344 g/mol. The predicted molar refractivity (Wildman–Crippen MR) is 96.5 cm³/mol. The van der Waals surface area contributed by atoms with Crippen LogP contribution in [0.5, 0.6) is 0 Å². The van der Waals surface area contributed by atoms with Gasteiger partial charge in [-0.1, -0.05) is 13.8 Å². The molecule has 0 aliphatic carbocycles. The first-order valence-electron chi connectivity index (χ1n) is 8.75. The summed E-state index contributed by atoms with van der Waals surface area (Å²) in [6.45, 7) is 7.50. The second-order valence-electron chi connectivity index (χ2n) is 6.87. The van der Waals surface area contributed by atoms with Gasteiger partial charge in [0.1, 0.15) is 18.0 Å². The topological polar surface area (TPSA) is 58.0 Å². The number of rotatable bonds is 4. The number of halogens is 1. The van der Waals surface area contributed by atoms with Crippen LogP contribution in [-0.2, 0) is 0 Å². The molecule has 1 aliphatic rings. The van der Waals surface area contributed by atoms with E-state index in [4.69, 9.17) is 0 Å². The molecule has 0 N–H and O–H groups in total. The summed E-state index contributed by atoms with van der Waals surface area (Å²) in [5.41, 5.74) is 0.468. The van der Waals surface area contributed by atoms with E-state index in [2.05, 4.69) is 24.8 Å². The Morgan fingerprint density at radius 1 is 1.28 bits per heavy atom. The summed E-state index contributed by atoms with van der Waals surface area (Å²) in [7, 11) is 1.91. The third kappa shape index (κ3) is 3.70. The molecule has 3 rings (SSSR count). The van der Waals surface area contributed by atoms with Crippen molar-refractivity contribution < 1.29 is 4.39 Å². The van der Waals surface area contributed by atoms with Crippen molar-refractivity contribution in [2.24, 2.45) is 0 Å². The van der Waals surface area contributed by atoms with Crippen LogP contribution >= 0.6 is 0 Å². The minimum Gasteiger partial charge on any atom is -0.354 e. The van der Waals surface area contributed by atoms with E-state index in [9.17, 15) is 4.39 Å². The second-order valence-corrected chi connectivity index (χ2v) is 6.87. The molecule has 0 radical (unpaired) electrons. The number of nitrogens with zero attached hydrogens (tertiary/aromatic N) is 6. The fourth-order valence-corrected chi connectivity index (χ4v) is 3.29. The lowest BCUT2D eigenvalue weighted by atomic mass is 10.0. The van der Waals surface area contributed by atoms with Crippen molar-refractivity contribution in [2.45, 2.75) is 45.6 Å². The zero-order valence-electron chi connectivity index (χ0n) is 15.3. The van der Waals surface area contributed by atoms with Crippen LogP contribution in [0.4, 0.5) is 16.0 Å². The maximum Gasteiger partial charge on any atom is 0.187 e. The Morgan fingerprint density at radius 2 is 2.08 bits per heavy atom. The molecule has 1 fully saturated rings. The van der Waals surface area contributed by atoms with Gasteiger partial charge in [0.05, 0.1) is 5.69 Å². The van der Waals surface area contributed by atoms with Crippen molar-refractivity contribution in [3.63, 3.8) is 0 Å². The quantitative estimate of drug-likeness (QED) is 0.850. The van der Waals surface area contributed by atoms with Crippen molar-refractivity contribution >= 4 is 11.6 Å². The van der Waals surface area contributed by atoms with Crippen LogP contribution in [0.1, 0.15) is 44.1 Å². The number of aromatic nitrogens is 4. The molecule has 0 aromatic carbocycles. The largest absolute Gasteiger partial charge is 0.354 e. The standard InChI is InChI=1S/C18H25FN6/c1-12(2)17-16(19)18(22-11-21-17)24(4)14-6-5-9-25(10-14)15-7-8-20-13(3)23-15/h7-8,11-12,14H,5-6,9-10H2,1-4H3. The Balaban J connectivity index is 1.81. The lowest BCUT2D eigenvalue weighted by molar-refractivity contribution is 0.473. The molecule has 3 heterocycles. The van der Waals surface area contributed by atoms with E-state index in [1.165, 1.54) is 6.33 Å². The summed E-state index contributed by atoms with van der Waals surface area (Å²) < 4.78 is 14.8. The van der Waals surface area contributed by atoms with E-state index in [1.807, 2.05) is 38.8 Å². The normalized spacial score (nSPS) is 17.8. The molecule has 1 aliphatic heterocycles. The summed E-state index contributed by atoms with van der Waals surface area (Å²) in [5.74, 6) is 1.79. The van der Waals surface area contributed by atoms with E-state index in [0.717, 1.165) is 37.6 Å². The highest BCUT2D eigenvalue weighted by molar-refractivity contribution is 5.45. The molecule has 1 atom stereocenters. The monoisotopic (exact) mass is 344 g/mol. The Hall–Kier alpha value is -2.31. The van der Waals surface area contributed by atoms with Gasteiger partial charge in [0.15, 0.2) is 11.6 Å². The second kappa shape index (κ2) is 7.29. The lowest BCUT2D eigenvalue weighted by Gasteiger charge is -2.38. The Kier molecular flexibility index (Phi) is 5.11. The van der Waals surface area contributed by atoms with Gasteiger partial charge >= 0.3 is 0 Å². The zero-order chi connectivity index (χ0) is 18.0. The predicted octanol–water partition coefficient (Wildman–Crippen LogP) is 2.94. The molecule has 0 bridgehead atoms. The van der Waals surface area contributed by atoms with E-state index in [0.29, 0.717) is 11.5 Å². The Labute approximate surface area is 148 Å². The fraction of sp³-hybridized carbons (Fsp3) is 0.556. The van der Waals surface area contributed by atoms with Gasteiger partial charge in [-0.05, 0) is 31.7 Å². The number of anilines is 2. The first kappa shape index (κ1) is 17.5. The molecule has 134 valence electrons. The van der Waals surface area contributed by atoms with Crippen LogP contribution in [0, 0.1) is 12.7 Å². The lowest BCUT2D eigenvalue weighted by Crippen LogP contribution is -2.47. The first-order chi connectivity index (χ1) is 12.0. The maximum atomic E-state index is 14.8. The summed E-state index contributed by atoms with van der Waals surface area (Å²) in [6, 6.07) is 2.10. The third-order valence-corrected chi connectivity index (χ3v) is 4.71. The van der Waals surface area contributed by atoms with E-state index in [1.54, 1.807) is 6.20 Å². The zero-order valence-corrected chi connectivity index (χ0v) is 15.3. The summed E-state index contributed by atoms with van der Waals surface area (Å²) in [4.78, 5) is 21.2. The SMILES string of the molecule is Cc1nccc(N2CCCC(N(C)c3ncnc(C(C)C)c3F)C2)n1. The molecule has 2 aromatic rings. The first-order valence-corrected chi connectivity index (χ1v) is 8.75. The minimum absolute atomic E-state index is 0.0296. The van der Waals surface area contributed by atoms with Crippen LogP contribution in [0.2, 0.25) is 0 Å². The number of hydrogen-bond acceptors (Lipinski definition) is 6. The Bertz CT molecular complexity index is 735. The van der Waals surface area contributed by atoms with Crippen molar-refractivity contribution in [3.05, 3.63) is 35.9 Å². The molecule has 1 saturated heterocycles. The van der Waals surface area contributed by atoms with Crippen molar-refractivity contribution in [1.29, 1.82) is 0 Å². The molecular weight excluding hydrogens is 319 g/mol. The summed E-state index contributed by atoms with van der Waals surface area (Å²) in [6.07, 6.45) is 5.27. The third-order valence-electron chi connectivity index (χ3n) is 4.71. The summed E-state index contributed by atoms with van der Waals surface area (Å²) in [5, 5.41) is 0. The van der Waals surface area contributed by atoms with Gasteiger partial charge in [-0.25, -0.2) is 24.3 Å². The Morgan fingerprint density at radius 3 is 2.80 bits per heavy atom. The van der Waals surface area contributed by atoms with Crippen LogP contribution in [0.3, 0.4) is 0 Å². The summed E-state index contributed by atoms with van der Waals surface area (Å²) >= 11 is 0. The highest BCUT2D eigenvalue weighted by atomic mass is 19.1. The minimum atomic E-state index is -0.310. The van der Waals surface area contributed by atoms with E-state index < -0.39 is 0 Å². The van der Waals surface area contributed by atoms with Crippen molar-refractivity contribution in [3.8, 4) is 0 Å². The van der Waals surface area contributed by atoms with Crippen LogP contribution in [0.25, 0.3) is 0 Å². The molecule has 0 spiro atoms. The highest BCUT2D eigenvalue weighted by Gasteiger charge is 2.27. The van der Waals surface area contributed by atoms with Gasteiger partial charge in [-0.3, -0.25) is 0 Å². The van der Waals surface area contributed by atoms with Gasteiger partial charge in [-0.2, -0.15) is 0 Å². The van der Waals surface area contributed by atoms with Gasteiger partial charge in [0.2, 0.25) is 0 Å². The molecule has 7 heteroatoms. The maximum absolute atomic E-state index is 14.8. The van der Waals surface area contributed by atoms with Crippen molar-refractivity contribution in [1.82, 2.24) is 19.9 Å². The van der Waals surface area contributed by atoms with Crippen molar-refractivity contribution in [2.75, 3.05) is 29.9 Å². The number of piperidine rings is 1. The molecule has 0 amide bonds. The number of likely N-dealkylation sites (N-methyl/N-ethyl adjacent to an activating group) is 1. The number of aryl methyl sites for hydroxylation is 1. The number of hydrogen-bond donors (Lipinski definition) is 0. The molecular formula is C18H25FN6. The smallest absolute Gasteiger partial charge is 0.187 e. The van der Waals surface area contributed by atoms with Gasteiger partial charge in [-0.15, -0.1) is 0 Å². The molecule has 0 saturated carbocycles.